The lowest BCUT2D eigenvalue weighted by Gasteiger charge is -2.31. The number of nitrogens with zero attached hydrogens (tertiary/aromatic N) is 3. The van der Waals surface area contributed by atoms with Gasteiger partial charge in [-0.15, -0.1) is 0 Å². The predicted molar refractivity (Wildman–Crippen MR) is 67.2 cm³/mol. The number of aromatic nitrogens is 1. The van der Waals surface area contributed by atoms with Gasteiger partial charge in [-0.1, -0.05) is 12.5 Å². The average Bonchev–Trinajstić information content (AvgIpc) is 2.33. The molecule has 2 rings (SSSR count). The third kappa shape index (κ3) is 3.07. The fraction of sp³-hybridized carbons (Fsp3) is 0.500. The summed E-state index contributed by atoms with van der Waals surface area (Å²) in [5.41, 5.74) is 1.02. The van der Waals surface area contributed by atoms with E-state index in [1.807, 2.05) is 12.1 Å². The number of carbonyl (C=O) groups excluding carboxylic acids is 1. The summed E-state index contributed by atoms with van der Waals surface area (Å²) in [5, 5.41) is 8.67. The molecule has 1 aliphatic carbocycles. The zero-order valence-electron chi connectivity index (χ0n) is 10.4. The lowest BCUT2D eigenvalue weighted by molar-refractivity contribution is -0.138. The zero-order valence-corrected chi connectivity index (χ0v) is 10.4. The van der Waals surface area contributed by atoms with Gasteiger partial charge in [0.1, 0.15) is 0 Å². The minimum Gasteiger partial charge on any atom is -0.337 e. The highest BCUT2D eigenvalue weighted by Crippen LogP contribution is 2.28. The Kier molecular flexibility index (Phi) is 4.30. The van der Waals surface area contributed by atoms with E-state index in [0.29, 0.717) is 19.5 Å². The maximum absolute atomic E-state index is 12.2. The first-order valence-corrected chi connectivity index (χ1v) is 6.36. The largest absolute Gasteiger partial charge is 0.337 e. The Morgan fingerprint density at radius 1 is 1.56 bits per heavy atom. The van der Waals surface area contributed by atoms with Crippen LogP contribution in [0.15, 0.2) is 24.5 Å². The molecule has 0 bridgehead atoms. The molecule has 1 fully saturated rings. The van der Waals surface area contributed by atoms with Gasteiger partial charge in [-0.2, -0.15) is 5.26 Å². The summed E-state index contributed by atoms with van der Waals surface area (Å²) in [4.78, 5) is 18.1. The summed E-state index contributed by atoms with van der Waals surface area (Å²) in [5.74, 6) is 0.376. The molecule has 0 spiro atoms. The van der Waals surface area contributed by atoms with Crippen LogP contribution in [0, 0.1) is 17.2 Å². The van der Waals surface area contributed by atoms with E-state index in [4.69, 9.17) is 5.26 Å². The number of hydrogen-bond acceptors (Lipinski definition) is 3. The van der Waals surface area contributed by atoms with E-state index in [9.17, 15) is 4.79 Å². The molecular weight excluding hydrogens is 226 g/mol. The van der Waals surface area contributed by atoms with Crippen LogP contribution in [-0.2, 0) is 11.3 Å². The molecule has 4 heteroatoms. The average molecular weight is 243 g/mol. The lowest BCUT2D eigenvalue weighted by atomic mass is 9.84. The van der Waals surface area contributed by atoms with Crippen LogP contribution in [0.2, 0.25) is 0 Å². The SMILES string of the molecule is N#CCCN(Cc1cccnc1)C(=O)C1CCC1. The summed E-state index contributed by atoms with van der Waals surface area (Å²) in [7, 11) is 0. The molecule has 94 valence electrons. The Morgan fingerprint density at radius 2 is 2.39 bits per heavy atom. The maximum Gasteiger partial charge on any atom is 0.226 e. The van der Waals surface area contributed by atoms with Crippen molar-refractivity contribution in [2.75, 3.05) is 6.54 Å². The van der Waals surface area contributed by atoms with Crippen molar-refractivity contribution in [3.63, 3.8) is 0 Å². The summed E-state index contributed by atoms with van der Waals surface area (Å²) in [6.07, 6.45) is 7.02. The van der Waals surface area contributed by atoms with Crippen molar-refractivity contribution >= 4 is 5.91 Å². The van der Waals surface area contributed by atoms with Gasteiger partial charge in [-0.25, -0.2) is 0 Å². The van der Waals surface area contributed by atoms with Crippen molar-refractivity contribution < 1.29 is 4.79 Å². The van der Waals surface area contributed by atoms with E-state index >= 15 is 0 Å². The van der Waals surface area contributed by atoms with Crippen LogP contribution in [0.5, 0.6) is 0 Å². The lowest BCUT2D eigenvalue weighted by Crippen LogP contribution is -2.39. The van der Waals surface area contributed by atoms with Crippen molar-refractivity contribution in [1.82, 2.24) is 9.88 Å². The third-order valence-electron chi connectivity index (χ3n) is 3.36. The Bertz CT molecular complexity index is 434. The molecule has 0 atom stereocenters. The van der Waals surface area contributed by atoms with Crippen LogP contribution in [0.25, 0.3) is 0 Å². The van der Waals surface area contributed by atoms with Gasteiger partial charge in [0.25, 0.3) is 0 Å². The summed E-state index contributed by atoms with van der Waals surface area (Å²) in [6, 6.07) is 5.93. The van der Waals surface area contributed by atoms with Crippen molar-refractivity contribution in [2.24, 2.45) is 5.92 Å². The van der Waals surface area contributed by atoms with Gasteiger partial charge < -0.3 is 4.90 Å². The summed E-state index contributed by atoms with van der Waals surface area (Å²) < 4.78 is 0. The van der Waals surface area contributed by atoms with Gasteiger partial charge in [-0.3, -0.25) is 9.78 Å². The maximum atomic E-state index is 12.2. The van der Waals surface area contributed by atoms with Crippen LogP contribution in [0.3, 0.4) is 0 Å². The second-order valence-electron chi connectivity index (χ2n) is 4.66. The van der Waals surface area contributed by atoms with Gasteiger partial charge in [0.2, 0.25) is 5.91 Å². The molecule has 1 amide bonds. The van der Waals surface area contributed by atoms with Gasteiger partial charge in [0.15, 0.2) is 0 Å². The van der Waals surface area contributed by atoms with Crippen LogP contribution in [0.4, 0.5) is 0 Å². The first-order chi connectivity index (χ1) is 8.81. The molecule has 1 aromatic rings. The van der Waals surface area contributed by atoms with Crippen molar-refractivity contribution in [3.05, 3.63) is 30.1 Å². The van der Waals surface area contributed by atoms with Crippen molar-refractivity contribution in [3.8, 4) is 6.07 Å². The Morgan fingerprint density at radius 3 is 2.94 bits per heavy atom. The fourth-order valence-corrected chi connectivity index (χ4v) is 2.08. The van der Waals surface area contributed by atoms with E-state index in [1.54, 1.807) is 17.3 Å². The second-order valence-corrected chi connectivity index (χ2v) is 4.66. The van der Waals surface area contributed by atoms with Gasteiger partial charge in [0, 0.05) is 31.4 Å². The smallest absolute Gasteiger partial charge is 0.226 e. The van der Waals surface area contributed by atoms with Crippen molar-refractivity contribution in [1.29, 1.82) is 5.26 Å². The first kappa shape index (κ1) is 12.6. The zero-order chi connectivity index (χ0) is 12.8. The molecule has 0 aliphatic heterocycles. The number of pyridine rings is 1. The van der Waals surface area contributed by atoms with Gasteiger partial charge in [-0.05, 0) is 24.5 Å². The van der Waals surface area contributed by atoms with E-state index in [2.05, 4.69) is 11.1 Å². The topological polar surface area (TPSA) is 57.0 Å². The first-order valence-electron chi connectivity index (χ1n) is 6.36. The number of rotatable bonds is 5. The monoisotopic (exact) mass is 243 g/mol. The second kappa shape index (κ2) is 6.15. The Hall–Kier alpha value is -1.89. The van der Waals surface area contributed by atoms with Crippen LogP contribution in [0.1, 0.15) is 31.2 Å². The Labute approximate surface area is 107 Å². The Balaban J connectivity index is 2.00. The number of carbonyl (C=O) groups is 1. The highest BCUT2D eigenvalue weighted by molar-refractivity contribution is 5.79. The van der Waals surface area contributed by atoms with E-state index in [-0.39, 0.29) is 11.8 Å². The molecule has 0 aromatic carbocycles. The molecule has 1 aromatic heterocycles. The summed E-state index contributed by atoms with van der Waals surface area (Å²) in [6.45, 7) is 1.07. The molecule has 0 saturated heterocycles. The number of amides is 1. The molecule has 0 N–H and O–H groups in total. The van der Waals surface area contributed by atoms with E-state index in [1.165, 1.54) is 0 Å². The molecule has 18 heavy (non-hydrogen) atoms. The molecule has 0 radical (unpaired) electrons. The number of hydrogen-bond donors (Lipinski definition) is 0. The van der Waals surface area contributed by atoms with Gasteiger partial charge in [0.05, 0.1) is 12.5 Å². The van der Waals surface area contributed by atoms with E-state index < -0.39 is 0 Å². The van der Waals surface area contributed by atoms with Gasteiger partial charge >= 0.3 is 0 Å². The quantitative estimate of drug-likeness (QED) is 0.796. The fourth-order valence-electron chi connectivity index (χ4n) is 2.08. The highest BCUT2D eigenvalue weighted by Gasteiger charge is 2.29. The molecule has 1 aliphatic rings. The molecule has 0 unspecified atom stereocenters. The van der Waals surface area contributed by atoms with E-state index in [0.717, 1.165) is 24.8 Å². The van der Waals surface area contributed by atoms with Crippen LogP contribution in [-0.4, -0.2) is 22.3 Å². The minimum absolute atomic E-state index is 0.181. The van der Waals surface area contributed by atoms with Crippen LogP contribution >= 0.6 is 0 Å². The third-order valence-corrected chi connectivity index (χ3v) is 3.36. The molecule has 1 heterocycles. The number of nitriles is 1. The summed E-state index contributed by atoms with van der Waals surface area (Å²) >= 11 is 0. The molecular formula is C14H17N3O. The minimum atomic E-state index is 0.181. The standard InChI is InChI=1S/C14H17N3O/c15-7-3-9-17(14(18)13-5-1-6-13)11-12-4-2-8-16-10-12/h2,4,8,10,13H,1,3,5-6,9,11H2. The van der Waals surface area contributed by atoms with Crippen molar-refractivity contribution in [2.45, 2.75) is 32.2 Å². The molecule has 4 nitrogen and oxygen atoms in total. The normalized spacial score (nSPS) is 14.6. The highest BCUT2D eigenvalue weighted by atomic mass is 16.2. The predicted octanol–water partition coefficient (Wildman–Crippen LogP) is 2.12. The molecule has 1 saturated carbocycles. The van der Waals surface area contributed by atoms with Crippen LogP contribution < -0.4 is 0 Å².